The molecule has 27 heavy (non-hydrogen) atoms. The molecule has 0 bridgehead atoms. The second kappa shape index (κ2) is 9.52. The Labute approximate surface area is 166 Å². The average molecular weight is 438 g/mol. The third-order valence-electron chi connectivity index (χ3n) is 3.13. The Balaban J connectivity index is 2.03. The topological polar surface area (TPSA) is 74.8 Å². The molecule has 1 amide bonds. The molecule has 1 heterocycles. The van der Waals surface area contributed by atoms with Crippen LogP contribution in [0.4, 0.5) is 18.9 Å². The minimum absolute atomic E-state index is 0.00790. The Morgan fingerprint density at radius 2 is 2.07 bits per heavy atom. The van der Waals surface area contributed by atoms with Gasteiger partial charge in [-0.2, -0.15) is 24.9 Å². The Kier molecular flexibility index (Phi) is 7.63. The van der Waals surface area contributed by atoms with E-state index in [1.807, 2.05) is 6.92 Å². The van der Waals surface area contributed by atoms with E-state index in [-0.39, 0.29) is 27.2 Å². The Hall–Kier alpha value is -1.65. The van der Waals surface area contributed by atoms with Crippen molar-refractivity contribution in [1.29, 1.82) is 0 Å². The fraction of sp³-hybridized carbons (Fsp3) is 0.312. The van der Waals surface area contributed by atoms with Crippen molar-refractivity contribution < 1.29 is 18.0 Å². The Morgan fingerprint density at radius 1 is 1.33 bits per heavy atom. The highest BCUT2D eigenvalue weighted by Gasteiger charge is 2.31. The van der Waals surface area contributed by atoms with Crippen molar-refractivity contribution in [3.05, 3.63) is 50.9 Å². The molecule has 0 aliphatic rings. The van der Waals surface area contributed by atoms with E-state index in [0.29, 0.717) is 11.4 Å². The van der Waals surface area contributed by atoms with Crippen molar-refractivity contribution in [3.8, 4) is 0 Å². The maximum absolute atomic E-state index is 12.8. The lowest BCUT2D eigenvalue weighted by Crippen LogP contribution is -2.16. The van der Waals surface area contributed by atoms with Crippen LogP contribution in [0.15, 0.2) is 34.2 Å². The fourth-order valence-electron chi connectivity index (χ4n) is 1.95. The summed E-state index contributed by atoms with van der Waals surface area (Å²) in [7, 11) is 0. The monoisotopic (exact) mass is 437 g/mol. The maximum atomic E-state index is 12.8. The van der Waals surface area contributed by atoms with Crippen molar-refractivity contribution in [3.63, 3.8) is 0 Å². The van der Waals surface area contributed by atoms with E-state index >= 15 is 0 Å². The quantitative estimate of drug-likeness (QED) is 0.495. The molecule has 2 rings (SSSR count). The third-order valence-corrected chi connectivity index (χ3v) is 5.25. The van der Waals surface area contributed by atoms with Crippen LogP contribution in [-0.2, 0) is 16.7 Å². The number of nitrogens with one attached hydrogen (secondary N) is 2. The number of aromatic nitrogens is 2. The van der Waals surface area contributed by atoms with E-state index in [2.05, 4.69) is 15.3 Å². The summed E-state index contributed by atoms with van der Waals surface area (Å²) in [4.78, 5) is 30.5. The first kappa shape index (κ1) is 21.6. The van der Waals surface area contributed by atoms with Crippen LogP contribution in [-0.4, -0.2) is 27.4 Å². The van der Waals surface area contributed by atoms with Crippen LogP contribution < -0.4 is 10.9 Å². The number of anilines is 1. The number of aromatic amines is 1. The molecule has 146 valence electrons. The number of rotatable bonds is 7. The van der Waals surface area contributed by atoms with Gasteiger partial charge in [0, 0.05) is 11.8 Å². The normalized spacial score (nSPS) is 11.4. The molecule has 0 saturated carbocycles. The molecular formula is C16H15ClF3N3O2S2. The number of carbonyl (C=O) groups is 1. The smallest absolute Gasteiger partial charge is 0.324 e. The summed E-state index contributed by atoms with van der Waals surface area (Å²) < 4.78 is 38.3. The van der Waals surface area contributed by atoms with Gasteiger partial charge in [0.05, 0.1) is 27.7 Å². The molecule has 0 spiro atoms. The van der Waals surface area contributed by atoms with Gasteiger partial charge in [-0.3, -0.25) is 9.59 Å². The standard InChI is InChI=1S/C16H15ClF3N3O2S2/c1-2-26-7-10-6-13(24)23-15(21-10)27-8-14(25)22-12-5-9(16(18,19)20)3-4-11(12)17/h3-6H,2,7-8H2,1H3,(H,22,25)(H,21,23,24). The largest absolute Gasteiger partial charge is 0.416 e. The maximum Gasteiger partial charge on any atom is 0.416 e. The number of benzene rings is 1. The first-order valence-electron chi connectivity index (χ1n) is 7.66. The van der Waals surface area contributed by atoms with E-state index in [9.17, 15) is 22.8 Å². The molecule has 0 aliphatic carbocycles. The summed E-state index contributed by atoms with van der Waals surface area (Å²) in [5.74, 6) is 0.717. The molecule has 0 aliphatic heterocycles. The van der Waals surface area contributed by atoms with E-state index in [1.54, 1.807) is 11.8 Å². The van der Waals surface area contributed by atoms with Gasteiger partial charge in [0.2, 0.25) is 5.91 Å². The van der Waals surface area contributed by atoms with Crippen molar-refractivity contribution >= 4 is 46.7 Å². The Morgan fingerprint density at radius 3 is 2.74 bits per heavy atom. The number of amides is 1. The molecule has 0 atom stereocenters. The van der Waals surface area contributed by atoms with E-state index in [0.717, 1.165) is 35.7 Å². The van der Waals surface area contributed by atoms with Gasteiger partial charge < -0.3 is 10.3 Å². The molecular weight excluding hydrogens is 423 g/mol. The lowest BCUT2D eigenvalue weighted by molar-refractivity contribution is -0.137. The molecule has 1 aromatic heterocycles. The lowest BCUT2D eigenvalue weighted by atomic mass is 10.2. The number of thioether (sulfide) groups is 2. The molecule has 0 unspecified atom stereocenters. The zero-order valence-corrected chi connectivity index (χ0v) is 16.4. The highest BCUT2D eigenvalue weighted by Crippen LogP contribution is 2.33. The van der Waals surface area contributed by atoms with Gasteiger partial charge in [-0.25, -0.2) is 4.98 Å². The second-order valence-electron chi connectivity index (χ2n) is 5.21. The van der Waals surface area contributed by atoms with Crippen LogP contribution in [0.2, 0.25) is 5.02 Å². The molecule has 1 aromatic carbocycles. The van der Waals surface area contributed by atoms with Crippen molar-refractivity contribution in [2.75, 3.05) is 16.8 Å². The highest BCUT2D eigenvalue weighted by molar-refractivity contribution is 7.99. The van der Waals surface area contributed by atoms with Gasteiger partial charge in [-0.1, -0.05) is 30.3 Å². The lowest BCUT2D eigenvalue weighted by Gasteiger charge is -2.11. The number of H-pyrrole nitrogens is 1. The first-order valence-corrected chi connectivity index (χ1v) is 10.2. The van der Waals surface area contributed by atoms with Crippen molar-refractivity contribution in [1.82, 2.24) is 9.97 Å². The van der Waals surface area contributed by atoms with Crippen molar-refractivity contribution in [2.45, 2.75) is 24.0 Å². The van der Waals surface area contributed by atoms with Crippen LogP contribution >= 0.6 is 35.1 Å². The van der Waals surface area contributed by atoms with E-state index in [4.69, 9.17) is 11.6 Å². The summed E-state index contributed by atoms with van der Waals surface area (Å²) in [5, 5.41) is 2.60. The third kappa shape index (κ3) is 6.78. The van der Waals surface area contributed by atoms with Gasteiger partial charge in [0.15, 0.2) is 5.16 Å². The average Bonchev–Trinajstić information content (AvgIpc) is 2.58. The predicted octanol–water partition coefficient (Wildman–Crippen LogP) is 4.43. The Bertz CT molecular complexity index is 875. The molecule has 11 heteroatoms. The summed E-state index contributed by atoms with van der Waals surface area (Å²) in [5.41, 5.74) is -0.788. The minimum Gasteiger partial charge on any atom is -0.324 e. The minimum atomic E-state index is -4.54. The van der Waals surface area contributed by atoms with Crippen LogP contribution in [0, 0.1) is 0 Å². The van der Waals surface area contributed by atoms with Gasteiger partial charge in [0.1, 0.15) is 0 Å². The first-order chi connectivity index (χ1) is 12.7. The van der Waals surface area contributed by atoms with Gasteiger partial charge in [-0.15, -0.1) is 0 Å². The number of carbonyl (C=O) groups excluding carboxylic acids is 1. The zero-order chi connectivity index (χ0) is 20.0. The summed E-state index contributed by atoms with van der Waals surface area (Å²) >= 11 is 8.42. The second-order valence-corrected chi connectivity index (χ2v) is 7.85. The number of nitrogens with zero attached hydrogens (tertiary/aromatic N) is 1. The molecule has 2 aromatic rings. The summed E-state index contributed by atoms with van der Waals surface area (Å²) in [6, 6.07) is 4.06. The number of halogens is 4. The molecule has 5 nitrogen and oxygen atoms in total. The summed E-state index contributed by atoms with van der Waals surface area (Å²) in [6.07, 6.45) is -4.54. The van der Waals surface area contributed by atoms with E-state index < -0.39 is 17.6 Å². The van der Waals surface area contributed by atoms with Gasteiger partial charge in [0.25, 0.3) is 5.56 Å². The van der Waals surface area contributed by atoms with Crippen LogP contribution in [0.25, 0.3) is 0 Å². The SMILES string of the molecule is CCSCc1cc(=O)[nH]c(SCC(=O)Nc2cc(C(F)(F)F)ccc2Cl)n1. The molecule has 0 saturated heterocycles. The fourth-order valence-corrected chi connectivity index (χ4v) is 3.37. The molecule has 0 fully saturated rings. The van der Waals surface area contributed by atoms with Crippen molar-refractivity contribution in [2.24, 2.45) is 0 Å². The molecule has 0 radical (unpaired) electrons. The van der Waals surface area contributed by atoms with Crippen LogP contribution in [0.3, 0.4) is 0 Å². The highest BCUT2D eigenvalue weighted by atomic mass is 35.5. The van der Waals surface area contributed by atoms with Crippen LogP contribution in [0.1, 0.15) is 18.2 Å². The number of hydrogen-bond acceptors (Lipinski definition) is 5. The van der Waals surface area contributed by atoms with E-state index in [1.165, 1.54) is 6.07 Å². The zero-order valence-electron chi connectivity index (χ0n) is 14.0. The molecule has 2 N–H and O–H groups in total. The van der Waals surface area contributed by atoms with Gasteiger partial charge >= 0.3 is 6.18 Å². The number of alkyl halides is 3. The summed E-state index contributed by atoms with van der Waals surface area (Å²) in [6.45, 7) is 1.98. The van der Waals surface area contributed by atoms with Crippen LogP contribution in [0.5, 0.6) is 0 Å². The van der Waals surface area contributed by atoms with Gasteiger partial charge in [-0.05, 0) is 24.0 Å². The predicted molar refractivity (Wildman–Crippen MR) is 103 cm³/mol. The number of hydrogen-bond donors (Lipinski definition) is 2.